The number of non-ortho nitro benzene ring substituents is 1. The first-order valence-corrected chi connectivity index (χ1v) is 7.96. The Labute approximate surface area is 156 Å². The lowest BCUT2D eigenvalue weighted by atomic mass is 10.1. The third-order valence-electron chi connectivity index (χ3n) is 3.98. The SMILES string of the molecule is Cn1cc(-c2cc([N+](=O)[O-])ccc2Oc2ccccc2C(F)(F)F)ccc1=O. The lowest BCUT2D eigenvalue weighted by Gasteiger charge is -2.16. The van der Waals surface area contributed by atoms with Gasteiger partial charge in [0.05, 0.1) is 10.5 Å². The fraction of sp³-hybridized carbons (Fsp3) is 0.105. The summed E-state index contributed by atoms with van der Waals surface area (Å²) in [5.74, 6) is -0.448. The van der Waals surface area contributed by atoms with Gasteiger partial charge in [-0.1, -0.05) is 12.1 Å². The van der Waals surface area contributed by atoms with E-state index in [2.05, 4.69) is 0 Å². The van der Waals surface area contributed by atoms with Gasteiger partial charge in [-0.3, -0.25) is 14.9 Å². The number of ether oxygens (including phenoxy) is 1. The Hall–Kier alpha value is -3.62. The molecule has 0 spiro atoms. The number of aryl methyl sites for hydroxylation is 1. The summed E-state index contributed by atoms with van der Waals surface area (Å²) >= 11 is 0. The van der Waals surface area contributed by atoms with Crippen LogP contribution >= 0.6 is 0 Å². The third-order valence-corrected chi connectivity index (χ3v) is 3.98. The smallest absolute Gasteiger partial charge is 0.419 e. The number of para-hydroxylation sites is 1. The Balaban J connectivity index is 2.16. The molecular formula is C19H13F3N2O4. The lowest BCUT2D eigenvalue weighted by Crippen LogP contribution is -2.14. The summed E-state index contributed by atoms with van der Waals surface area (Å²) in [7, 11) is 1.49. The van der Waals surface area contributed by atoms with E-state index < -0.39 is 22.4 Å². The topological polar surface area (TPSA) is 74.4 Å². The summed E-state index contributed by atoms with van der Waals surface area (Å²) in [6.45, 7) is 0. The Morgan fingerprint density at radius 3 is 2.39 bits per heavy atom. The molecule has 9 heteroatoms. The van der Waals surface area contributed by atoms with Gasteiger partial charge < -0.3 is 9.30 Å². The molecule has 0 atom stereocenters. The molecule has 0 N–H and O–H groups in total. The average molecular weight is 390 g/mol. The van der Waals surface area contributed by atoms with Gasteiger partial charge in [0.25, 0.3) is 5.69 Å². The Morgan fingerprint density at radius 1 is 1.04 bits per heavy atom. The average Bonchev–Trinajstić information content (AvgIpc) is 2.64. The third kappa shape index (κ3) is 3.88. The maximum Gasteiger partial charge on any atom is 0.419 e. The molecule has 1 heterocycles. The standard InChI is InChI=1S/C19H13F3N2O4/c1-23-11-12(6-9-18(23)25)14-10-13(24(26)27)7-8-16(14)28-17-5-3-2-4-15(17)19(20,21)22/h2-11H,1H3. The number of pyridine rings is 1. The Morgan fingerprint density at radius 2 is 1.75 bits per heavy atom. The molecular weight excluding hydrogens is 377 g/mol. The highest BCUT2D eigenvalue weighted by Crippen LogP contribution is 2.41. The van der Waals surface area contributed by atoms with Crippen molar-refractivity contribution in [2.24, 2.45) is 7.05 Å². The van der Waals surface area contributed by atoms with Crippen LogP contribution in [0.3, 0.4) is 0 Å². The minimum absolute atomic E-state index is 0.0130. The van der Waals surface area contributed by atoms with Crippen LogP contribution in [0.4, 0.5) is 18.9 Å². The van der Waals surface area contributed by atoms with E-state index in [4.69, 9.17) is 4.74 Å². The van der Waals surface area contributed by atoms with Crippen LogP contribution in [0.15, 0.2) is 65.6 Å². The molecule has 1 aromatic heterocycles. The van der Waals surface area contributed by atoms with Gasteiger partial charge in [-0.25, -0.2) is 0 Å². The van der Waals surface area contributed by atoms with Crippen LogP contribution in [0.5, 0.6) is 11.5 Å². The number of nitro benzene ring substituents is 1. The highest BCUT2D eigenvalue weighted by atomic mass is 19.4. The number of hydrogen-bond donors (Lipinski definition) is 0. The minimum Gasteiger partial charge on any atom is -0.456 e. The fourth-order valence-corrected chi connectivity index (χ4v) is 2.61. The highest BCUT2D eigenvalue weighted by molar-refractivity contribution is 5.73. The molecule has 0 aliphatic rings. The second-order valence-electron chi connectivity index (χ2n) is 5.90. The summed E-state index contributed by atoms with van der Waals surface area (Å²) in [4.78, 5) is 22.1. The minimum atomic E-state index is -4.63. The predicted molar refractivity (Wildman–Crippen MR) is 95.3 cm³/mol. The van der Waals surface area contributed by atoms with Crippen LogP contribution in [0.25, 0.3) is 11.1 Å². The zero-order valence-electron chi connectivity index (χ0n) is 14.4. The van der Waals surface area contributed by atoms with Crippen LogP contribution in [-0.4, -0.2) is 9.49 Å². The fourth-order valence-electron chi connectivity index (χ4n) is 2.61. The van der Waals surface area contributed by atoms with Crippen LogP contribution in [-0.2, 0) is 13.2 Å². The molecule has 0 aliphatic heterocycles. The molecule has 3 rings (SSSR count). The van der Waals surface area contributed by atoms with E-state index in [1.165, 1.54) is 54.2 Å². The molecule has 0 saturated heterocycles. The second-order valence-corrected chi connectivity index (χ2v) is 5.90. The van der Waals surface area contributed by atoms with E-state index in [-0.39, 0.29) is 22.6 Å². The van der Waals surface area contributed by atoms with Crippen molar-refractivity contribution in [1.29, 1.82) is 0 Å². The zero-order valence-corrected chi connectivity index (χ0v) is 14.4. The van der Waals surface area contributed by atoms with Crippen LogP contribution < -0.4 is 10.3 Å². The summed E-state index contributed by atoms with van der Waals surface area (Å²) in [5, 5.41) is 11.1. The summed E-state index contributed by atoms with van der Waals surface area (Å²) in [6, 6.07) is 10.9. The first-order valence-electron chi connectivity index (χ1n) is 7.96. The van der Waals surface area contributed by atoms with Gasteiger partial charge in [0, 0.05) is 42.6 Å². The molecule has 144 valence electrons. The normalized spacial score (nSPS) is 11.3. The van der Waals surface area contributed by atoms with E-state index in [1.807, 2.05) is 0 Å². The molecule has 0 bridgehead atoms. The number of aromatic nitrogens is 1. The molecule has 3 aromatic rings. The molecule has 0 fully saturated rings. The molecule has 0 amide bonds. The molecule has 0 radical (unpaired) electrons. The number of benzene rings is 2. The molecule has 0 saturated carbocycles. The van der Waals surface area contributed by atoms with Crippen molar-refractivity contribution in [2.45, 2.75) is 6.18 Å². The summed E-state index contributed by atoms with van der Waals surface area (Å²) < 4.78 is 46.5. The van der Waals surface area contributed by atoms with E-state index in [9.17, 15) is 28.1 Å². The van der Waals surface area contributed by atoms with E-state index >= 15 is 0 Å². The number of rotatable bonds is 4. The van der Waals surface area contributed by atoms with E-state index in [0.29, 0.717) is 5.56 Å². The Bertz CT molecular complexity index is 1110. The van der Waals surface area contributed by atoms with Crippen molar-refractivity contribution in [3.8, 4) is 22.6 Å². The van der Waals surface area contributed by atoms with Crippen LogP contribution in [0, 0.1) is 10.1 Å². The first kappa shape index (κ1) is 19.2. The van der Waals surface area contributed by atoms with Crippen molar-refractivity contribution in [2.75, 3.05) is 0 Å². The van der Waals surface area contributed by atoms with Crippen molar-refractivity contribution in [3.63, 3.8) is 0 Å². The summed E-state index contributed by atoms with van der Waals surface area (Å²) in [5.41, 5.74) is -0.980. The quantitative estimate of drug-likeness (QED) is 0.475. The van der Waals surface area contributed by atoms with Crippen molar-refractivity contribution in [3.05, 3.63) is 86.8 Å². The van der Waals surface area contributed by atoms with Gasteiger partial charge in [-0.2, -0.15) is 13.2 Å². The first-order chi connectivity index (χ1) is 13.2. The zero-order chi connectivity index (χ0) is 20.5. The van der Waals surface area contributed by atoms with Gasteiger partial charge in [0.15, 0.2) is 0 Å². The molecule has 0 unspecified atom stereocenters. The van der Waals surface area contributed by atoms with Gasteiger partial charge in [0.1, 0.15) is 11.5 Å². The molecule has 28 heavy (non-hydrogen) atoms. The maximum atomic E-state index is 13.2. The largest absolute Gasteiger partial charge is 0.456 e. The van der Waals surface area contributed by atoms with E-state index in [1.54, 1.807) is 0 Å². The number of halogens is 3. The summed E-state index contributed by atoms with van der Waals surface area (Å²) in [6.07, 6.45) is -3.21. The molecule has 0 aliphatic carbocycles. The van der Waals surface area contributed by atoms with Crippen molar-refractivity contribution >= 4 is 5.69 Å². The van der Waals surface area contributed by atoms with Gasteiger partial charge in [-0.15, -0.1) is 0 Å². The molecule has 6 nitrogen and oxygen atoms in total. The number of nitrogens with zero attached hydrogens (tertiary/aromatic N) is 2. The second kappa shape index (κ2) is 7.18. The maximum absolute atomic E-state index is 13.2. The lowest BCUT2D eigenvalue weighted by molar-refractivity contribution is -0.384. The monoisotopic (exact) mass is 390 g/mol. The van der Waals surface area contributed by atoms with Gasteiger partial charge >= 0.3 is 6.18 Å². The highest BCUT2D eigenvalue weighted by Gasteiger charge is 2.34. The van der Waals surface area contributed by atoms with Gasteiger partial charge in [0.2, 0.25) is 5.56 Å². The van der Waals surface area contributed by atoms with Crippen LogP contribution in [0.2, 0.25) is 0 Å². The van der Waals surface area contributed by atoms with Crippen molar-refractivity contribution < 1.29 is 22.8 Å². The van der Waals surface area contributed by atoms with E-state index in [0.717, 1.165) is 18.2 Å². The van der Waals surface area contributed by atoms with Crippen LogP contribution in [0.1, 0.15) is 5.56 Å². The van der Waals surface area contributed by atoms with Crippen molar-refractivity contribution in [1.82, 2.24) is 4.57 Å². The molecule has 2 aromatic carbocycles. The predicted octanol–water partition coefficient (Wildman–Crippen LogP) is 4.77. The Kier molecular flexibility index (Phi) is 4.91. The van der Waals surface area contributed by atoms with Gasteiger partial charge in [-0.05, 0) is 24.3 Å². The number of alkyl halides is 3. The number of hydrogen-bond acceptors (Lipinski definition) is 4. The number of nitro groups is 1.